The molecule has 4 heteroatoms. The zero-order valence-corrected chi connectivity index (χ0v) is 13.0. The van der Waals surface area contributed by atoms with Crippen molar-refractivity contribution in [2.45, 2.75) is 46.7 Å². The van der Waals surface area contributed by atoms with E-state index in [1.54, 1.807) is 0 Å². The molecule has 0 fully saturated rings. The van der Waals surface area contributed by atoms with Crippen LogP contribution in [0.25, 0.3) is 0 Å². The monoisotopic (exact) mass is 269 g/mol. The highest BCUT2D eigenvalue weighted by Crippen LogP contribution is 2.19. The van der Waals surface area contributed by atoms with Gasteiger partial charge in [0.15, 0.2) is 0 Å². The summed E-state index contributed by atoms with van der Waals surface area (Å²) < 4.78 is 2.24. The van der Waals surface area contributed by atoms with Gasteiger partial charge in [0.05, 0.1) is 6.04 Å². The van der Waals surface area contributed by atoms with Gasteiger partial charge >= 0.3 is 0 Å². The number of rotatable bonds is 9. The molecule has 1 aromatic rings. The summed E-state index contributed by atoms with van der Waals surface area (Å²) >= 11 is 2.02. The molecule has 1 atom stereocenters. The fourth-order valence-electron chi connectivity index (χ4n) is 1.86. The Bertz CT molecular complexity index is 323. The van der Waals surface area contributed by atoms with Gasteiger partial charge in [-0.1, -0.05) is 20.8 Å². The van der Waals surface area contributed by atoms with Gasteiger partial charge in [0.25, 0.3) is 0 Å². The van der Waals surface area contributed by atoms with E-state index in [0.717, 1.165) is 31.2 Å². The van der Waals surface area contributed by atoms with Crippen LogP contribution in [0.2, 0.25) is 0 Å². The summed E-state index contributed by atoms with van der Waals surface area (Å²) in [4.78, 5) is 4.53. The fourth-order valence-corrected chi connectivity index (χ4v) is 2.97. The molecule has 0 bridgehead atoms. The maximum atomic E-state index is 4.53. The Morgan fingerprint density at radius 1 is 1.33 bits per heavy atom. The predicted octanol–water partition coefficient (Wildman–Crippen LogP) is 3.33. The SMILES string of the molecule is CCCNC(CSCC(C)C)c1nccn1CC. The number of hydrogen-bond donors (Lipinski definition) is 1. The quantitative estimate of drug-likeness (QED) is 0.746. The molecule has 1 N–H and O–H groups in total. The molecule has 1 aromatic heterocycles. The average Bonchev–Trinajstić information content (AvgIpc) is 2.81. The highest BCUT2D eigenvalue weighted by molar-refractivity contribution is 7.99. The molecule has 0 amide bonds. The van der Waals surface area contributed by atoms with Gasteiger partial charge in [0, 0.05) is 24.7 Å². The first-order valence-corrected chi connectivity index (χ1v) is 8.16. The van der Waals surface area contributed by atoms with Crippen LogP contribution in [0.4, 0.5) is 0 Å². The lowest BCUT2D eigenvalue weighted by Crippen LogP contribution is -2.27. The Balaban J connectivity index is 2.59. The van der Waals surface area contributed by atoms with Crippen molar-refractivity contribution in [1.82, 2.24) is 14.9 Å². The lowest BCUT2D eigenvalue weighted by atomic mass is 10.3. The predicted molar refractivity (Wildman–Crippen MR) is 81.1 cm³/mol. The molecule has 0 aliphatic rings. The lowest BCUT2D eigenvalue weighted by molar-refractivity contribution is 0.522. The Hall–Kier alpha value is -0.480. The van der Waals surface area contributed by atoms with Crippen LogP contribution in [0.15, 0.2) is 12.4 Å². The van der Waals surface area contributed by atoms with Gasteiger partial charge in [0.2, 0.25) is 0 Å². The van der Waals surface area contributed by atoms with Crippen LogP contribution in [0, 0.1) is 5.92 Å². The summed E-state index contributed by atoms with van der Waals surface area (Å²) in [6.07, 6.45) is 5.15. The van der Waals surface area contributed by atoms with Crippen LogP contribution in [-0.4, -0.2) is 27.6 Å². The third-order valence-corrected chi connectivity index (χ3v) is 4.25. The molecule has 0 aromatic carbocycles. The van der Waals surface area contributed by atoms with Crippen LogP contribution < -0.4 is 5.32 Å². The summed E-state index contributed by atoms with van der Waals surface area (Å²) in [5.74, 6) is 4.27. The Kier molecular flexibility index (Phi) is 7.44. The van der Waals surface area contributed by atoms with Crippen LogP contribution in [-0.2, 0) is 6.54 Å². The summed E-state index contributed by atoms with van der Waals surface area (Å²) in [6.45, 7) is 11.0. The Labute approximate surface area is 116 Å². The van der Waals surface area contributed by atoms with E-state index in [9.17, 15) is 0 Å². The van der Waals surface area contributed by atoms with Crippen molar-refractivity contribution in [3.05, 3.63) is 18.2 Å². The zero-order valence-electron chi connectivity index (χ0n) is 12.1. The zero-order chi connectivity index (χ0) is 13.4. The normalized spacial score (nSPS) is 13.2. The minimum Gasteiger partial charge on any atom is -0.334 e. The number of nitrogens with zero attached hydrogens (tertiary/aromatic N) is 2. The summed E-state index contributed by atoms with van der Waals surface area (Å²) in [5, 5.41) is 3.62. The van der Waals surface area contributed by atoms with Crippen molar-refractivity contribution >= 4 is 11.8 Å². The molecule has 0 saturated heterocycles. The van der Waals surface area contributed by atoms with E-state index in [2.05, 4.69) is 48.8 Å². The second-order valence-corrected chi connectivity index (χ2v) is 6.08. The van der Waals surface area contributed by atoms with Crippen molar-refractivity contribution < 1.29 is 0 Å². The van der Waals surface area contributed by atoms with Gasteiger partial charge < -0.3 is 9.88 Å². The van der Waals surface area contributed by atoms with Gasteiger partial charge in [-0.2, -0.15) is 11.8 Å². The molecule has 18 heavy (non-hydrogen) atoms. The van der Waals surface area contributed by atoms with E-state index in [0.29, 0.717) is 6.04 Å². The van der Waals surface area contributed by atoms with Crippen LogP contribution >= 0.6 is 11.8 Å². The van der Waals surface area contributed by atoms with E-state index in [-0.39, 0.29) is 0 Å². The highest BCUT2D eigenvalue weighted by atomic mass is 32.2. The molecular formula is C14H27N3S. The first-order valence-electron chi connectivity index (χ1n) is 7.01. The van der Waals surface area contributed by atoms with Crippen LogP contribution in [0.1, 0.15) is 46.0 Å². The number of aromatic nitrogens is 2. The Morgan fingerprint density at radius 3 is 2.72 bits per heavy atom. The van der Waals surface area contributed by atoms with Gasteiger partial charge in [0.1, 0.15) is 5.82 Å². The second-order valence-electron chi connectivity index (χ2n) is 5.01. The topological polar surface area (TPSA) is 29.9 Å². The minimum atomic E-state index is 0.378. The minimum absolute atomic E-state index is 0.378. The number of thioether (sulfide) groups is 1. The molecule has 104 valence electrons. The maximum absolute atomic E-state index is 4.53. The third kappa shape index (κ3) is 5.02. The number of imidazole rings is 1. The highest BCUT2D eigenvalue weighted by Gasteiger charge is 2.15. The van der Waals surface area contributed by atoms with E-state index >= 15 is 0 Å². The average molecular weight is 269 g/mol. The molecule has 1 rings (SSSR count). The van der Waals surface area contributed by atoms with Gasteiger partial charge in [-0.15, -0.1) is 0 Å². The maximum Gasteiger partial charge on any atom is 0.126 e. The smallest absolute Gasteiger partial charge is 0.126 e. The third-order valence-electron chi connectivity index (χ3n) is 2.78. The summed E-state index contributed by atoms with van der Waals surface area (Å²) in [6, 6.07) is 0.378. The fraction of sp³-hybridized carbons (Fsp3) is 0.786. The van der Waals surface area contributed by atoms with Gasteiger partial charge in [-0.3, -0.25) is 0 Å². The number of aryl methyl sites for hydroxylation is 1. The first-order chi connectivity index (χ1) is 8.69. The first kappa shape index (κ1) is 15.6. The second kappa shape index (κ2) is 8.59. The van der Waals surface area contributed by atoms with E-state index in [1.165, 1.54) is 11.6 Å². The van der Waals surface area contributed by atoms with E-state index < -0.39 is 0 Å². The summed E-state index contributed by atoms with van der Waals surface area (Å²) in [5.41, 5.74) is 0. The molecule has 0 spiro atoms. The van der Waals surface area contributed by atoms with Crippen molar-refractivity contribution in [2.75, 3.05) is 18.1 Å². The van der Waals surface area contributed by atoms with Crippen LogP contribution in [0.3, 0.4) is 0 Å². The summed E-state index contributed by atoms with van der Waals surface area (Å²) in [7, 11) is 0. The molecule has 1 unspecified atom stereocenters. The van der Waals surface area contributed by atoms with Gasteiger partial charge in [-0.25, -0.2) is 4.98 Å². The number of hydrogen-bond acceptors (Lipinski definition) is 3. The largest absolute Gasteiger partial charge is 0.334 e. The molecule has 0 aliphatic carbocycles. The van der Waals surface area contributed by atoms with Crippen molar-refractivity contribution in [2.24, 2.45) is 5.92 Å². The molecule has 0 radical (unpaired) electrons. The lowest BCUT2D eigenvalue weighted by Gasteiger charge is -2.19. The Morgan fingerprint density at radius 2 is 2.11 bits per heavy atom. The van der Waals surface area contributed by atoms with E-state index in [1.807, 2.05) is 18.0 Å². The molecular weight excluding hydrogens is 242 g/mol. The molecule has 1 heterocycles. The standard InChI is InChI=1S/C14H27N3S/c1-5-7-15-13(11-18-10-12(3)4)14-16-8-9-17(14)6-2/h8-9,12-13,15H,5-7,10-11H2,1-4H3. The molecule has 3 nitrogen and oxygen atoms in total. The number of nitrogens with one attached hydrogen (secondary N) is 1. The van der Waals surface area contributed by atoms with Crippen molar-refractivity contribution in [1.29, 1.82) is 0 Å². The molecule has 0 aliphatic heterocycles. The van der Waals surface area contributed by atoms with Crippen molar-refractivity contribution in [3.63, 3.8) is 0 Å². The molecule has 0 saturated carbocycles. The van der Waals surface area contributed by atoms with Gasteiger partial charge in [-0.05, 0) is 31.6 Å². The van der Waals surface area contributed by atoms with Crippen molar-refractivity contribution in [3.8, 4) is 0 Å². The van der Waals surface area contributed by atoms with E-state index in [4.69, 9.17) is 0 Å². The van der Waals surface area contributed by atoms with Crippen LogP contribution in [0.5, 0.6) is 0 Å².